The molecule has 4 nitrogen and oxygen atoms in total. The SMILES string of the molecule is [B]c1c([B])c([B])c(-c2nc(-c3c([B])c([B])c(-c4c([B])c([B])c([B])c([B])c4[B])c([B])c3[B])c3oc4cccc(-c5ccc6c7c5c5ccccc5c5cccc(c57)n6-c5c([B])c([B])c([B])c([B])c5[B])c4c3n2)c([B])c1[B]. The van der Waals surface area contributed by atoms with Gasteiger partial charge in [0.05, 0.1) is 16.4 Å². The first-order valence-electron chi connectivity index (χ1n) is 22.9. The van der Waals surface area contributed by atoms with E-state index >= 15 is 0 Å². The molecule has 0 amide bonds. The van der Waals surface area contributed by atoms with E-state index in [2.05, 4.69) is 18.2 Å². The average molecular weight is 900 g/mol. The molecule has 0 saturated carbocycles. The van der Waals surface area contributed by atoms with Crippen molar-refractivity contribution in [3.05, 3.63) is 72.8 Å². The van der Waals surface area contributed by atoms with Gasteiger partial charge in [-0.2, -0.15) is 0 Å². The first-order valence-corrected chi connectivity index (χ1v) is 22.9. The molecule has 9 aromatic carbocycles. The first-order chi connectivity index (χ1) is 35.7. The van der Waals surface area contributed by atoms with Crippen molar-refractivity contribution in [2.45, 2.75) is 0 Å². The minimum absolute atomic E-state index is 0.0224. The normalized spacial score (nSPS) is 11.9. The summed E-state index contributed by atoms with van der Waals surface area (Å²) in [5.74, 6) is -0.0666. The van der Waals surface area contributed by atoms with Gasteiger partial charge in [0, 0.05) is 27.4 Å². The Bertz CT molecular complexity index is 4490. The second-order valence-corrected chi connectivity index (χ2v) is 18.5. The maximum absolute atomic E-state index is 7.05. The zero-order valence-corrected chi connectivity index (χ0v) is 39.6. The fourth-order valence-corrected chi connectivity index (χ4v) is 10.9. The van der Waals surface area contributed by atoms with Crippen LogP contribution in [-0.2, 0) is 0 Å². The highest BCUT2D eigenvalue weighted by Crippen LogP contribution is 2.49. The fourth-order valence-electron chi connectivity index (χ4n) is 10.9. The number of hydrogen-bond acceptors (Lipinski definition) is 3. The molecule has 0 aliphatic rings. The summed E-state index contributed by atoms with van der Waals surface area (Å²) in [6, 6.07) is 23.8. The summed E-state index contributed by atoms with van der Waals surface area (Å²) < 4.78 is 8.81. The molecule has 12 aromatic rings. The Morgan fingerprint density at radius 3 is 1.32 bits per heavy atom. The van der Waals surface area contributed by atoms with Crippen LogP contribution < -0.4 is 104 Å². The number of hydrogen-bond donors (Lipinski definition) is 0. The molecule has 298 valence electrons. The van der Waals surface area contributed by atoms with Gasteiger partial charge in [-0.15, -0.1) is 49.2 Å². The highest BCUT2D eigenvalue weighted by molar-refractivity contribution is 6.72. The third kappa shape index (κ3) is 6.64. The van der Waals surface area contributed by atoms with Crippen LogP contribution in [0.5, 0.6) is 0 Å². The van der Waals surface area contributed by atoms with Crippen molar-refractivity contribution in [3.63, 3.8) is 0 Å². The van der Waals surface area contributed by atoms with Gasteiger partial charge in [-0.1, -0.05) is 109 Å². The molecule has 0 unspecified atom stereocenters. The van der Waals surface area contributed by atoms with E-state index in [1.54, 1.807) is 6.07 Å². The predicted octanol–water partition coefficient (Wildman–Crippen LogP) is -9.03. The topological polar surface area (TPSA) is 43.9 Å². The summed E-state index contributed by atoms with van der Waals surface area (Å²) >= 11 is 0. The lowest BCUT2D eigenvalue weighted by atomic mass is 9.56. The van der Waals surface area contributed by atoms with E-state index in [1.165, 1.54) is 0 Å². The Hall–Kier alpha value is -6.33. The summed E-state index contributed by atoms with van der Waals surface area (Å²) in [4.78, 5) is 10.2. The van der Waals surface area contributed by atoms with Crippen LogP contribution in [0.1, 0.15) is 0 Å². The molecule has 38 radical (unpaired) electrons. The molecular weight excluding hydrogens is 888 g/mol. The summed E-state index contributed by atoms with van der Waals surface area (Å²) in [5, 5.41) is 6.09. The molecule has 0 atom stereocenters. The van der Waals surface area contributed by atoms with E-state index in [1.807, 2.05) is 53.1 Å². The molecule has 0 bridgehead atoms. The van der Waals surface area contributed by atoms with E-state index in [9.17, 15) is 0 Å². The molecule has 3 heterocycles. The molecule has 0 aliphatic carbocycles. The zero-order valence-electron chi connectivity index (χ0n) is 39.6. The van der Waals surface area contributed by atoms with Gasteiger partial charge in [0.15, 0.2) is 11.4 Å². The van der Waals surface area contributed by atoms with Gasteiger partial charge in [0.1, 0.15) is 166 Å². The van der Waals surface area contributed by atoms with Crippen molar-refractivity contribution in [1.29, 1.82) is 0 Å². The highest BCUT2D eigenvalue weighted by Gasteiger charge is 2.29. The van der Waals surface area contributed by atoms with Crippen LogP contribution in [0.15, 0.2) is 77.2 Å². The van der Waals surface area contributed by atoms with Crippen LogP contribution in [0.3, 0.4) is 0 Å². The summed E-state index contributed by atoms with van der Waals surface area (Å²) in [6.07, 6.45) is 0. The van der Waals surface area contributed by atoms with Crippen molar-refractivity contribution < 1.29 is 4.42 Å². The zero-order chi connectivity index (χ0) is 53.3. The quantitative estimate of drug-likeness (QED) is 0.128. The number of fused-ring (bicyclic) bond motifs is 6. The van der Waals surface area contributed by atoms with Gasteiger partial charge in [0.2, 0.25) is 0 Å². The van der Waals surface area contributed by atoms with Crippen molar-refractivity contribution in [1.82, 2.24) is 14.5 Å². The van der Waals surface area contributed by atoms with Crippen LogP contribution >= 0.6 is 0 Å². The molecule has 0 N–H and O–H groups in total. The lowest BCUT2D eigenvalue weighted by Gasteiger charge is -2.28. The van der Waals surface area contributed by atoms with Crippen LogP contribution in [0.25, 0.3) is 116 Å². The minimum Gasteiger partial charge on any atom is -0.452 e. The third-order valence-corrected chi connectivity index (χ3v) is 14.7. The number of nitrogens with zero attached hydrogens (tertiary/aromatic N) is 3. The van der Waals surface area contributed by atoms with Crippen molar-refractivity contribution >= 4 is 318 Å². The standard InChI is InChI=1S/C52H12B19N3O/c53-29-25(26-31(55)37(61)41(65)38(62)32(26)56)30(54)34(58)27(33(29)57)49-51-48(72-52(73-49)28-35(59)39(63)42(66)40(64)36(28)60)23-16(8-4-10-20(23)75-51)17-11-12-19-24-21(17)14-6-2-1-5-13(14)15-7-3-9-18(22(15)24)74(19)50-46(70)44(68)43(67)45(69)47(50)71/h1-12H. The van der Waals surface area contributed by atoms with E-state index in [4.69, 9.17) is 163 Å². The van der Waals surface area contributed by atoms with Gasteiger partial charge >= 0.3 is 0 Å². The Labute approximate surface area is 457 Å². The molecule has 75 heavy (non-hydrogen) atoms. The highest BCUT2D eigenvalue weighted by atomic mass is 16.3. The Balaban J connectivity index is 1.22. The van der Waals surface area contributed by atoms with Gasteiger partial charge in [-0.05, 0) is 62.2 Å². The molecule has 0 spiro atoms. The molecule has 23 heteroatoms. The summed E-state index contributed by atoms with van der Waals surface area (Å²) in [7, 11) is 125. The molecule has 0 saturated heterocycles. The van der Waals surface area contributed by atoms with Crippen molar-refractivity contribution in [3.8, 4) is 50.6 Å². The molecular formula is C52H12B19N3O. The summed E-state index contributed by atoms with van der Waals surface area (Å²) in [6.45, 7) is 0. The van der Waals surface area contributed by atoms with Gasteiger partial charge in [-0.25, -0.2) is 9.97 Å². The van der Waals surface area contributed by atoms with E-state index < -0.39 is 0 Å². The second kappa shape index (κ2) is 17.4. The fraction of sp³-hybridized carbons (Fsp3) is 0. The maximum Gasteiger partial charge on any atom is 0.180 e. The predicted molar refractivity (Wildman–Crippen MR) is 334 cm³/mol. The minimum atomic E-state index is -0.113. The maximum atomic E-state index is 7.05. The van der Waals surface area contributed by atoms with Gasteiger partial charge in [0.25, 0.3) is 0 Å². The van der Waals surface area contributed by atoms with E-state index in [-0.39, 0.29) is 149 Å². The van der Waals surface area contributed by atoms with E-state index in [0.29, 0.717) is 22.2 Å². The Kier molecular flexibility index (Phi) is 11.5. The number of benzene rings is 9. The van der Waals surface area contributed by atoms with Gasteiger partial charge < -0.3 is 8.98 Å². The number of rotatable bonds is 5. The Morgan fingerprint density at radius 2 is 0.747 bits per heavy atom. The van der Waals surface area contributed by atoms with Crippen LogP contribution in [0, 0.1) is 0 Å². The van der Waals surface area contributed by atoms with Crippen LogP contribution in [0.2, 0.25) is 0 Å². The van der Waals surface area contributed by atoms with Crippen molar-refractivity contribution in [2.75, 3.05) is 0 Å². The lowest BCUT2D eigenvalue weighted by Crippen LogP contribution is -2.57. The number of aromatic nitrogens is 3. The average Bonchev–Trinajstić information content (AvgIpc) is 4.10. The van der Waals surface area contributed by atoms with Crippen LogP contribution in [0.4, 0.5) is 0 Å². The monoisotopic (exact) mass is 903 g/mol. The second-order valence-electron chi connectivity index (χ2n) is 18.5. The smallest absolute Gasteiger partial charge is 0.180 e. The summed E-state index contributed by atoms with van der Waals surface area (Å²) in [5.41, 5.74) is 4.13. The van der Waals surface area contributed by atoms with Crippen molar-refractivity contribution in [2.24, 2.45) is 0 Å². The van der Waals surface area contributed by atoms with E-state index in [0.717, 1.165) is 48.9 Å². The molecule has 3 aromatic heterocycles. The largest absolute Gasteiger partial charge is 0.452 e. The van der Waals surface area contributed by atoms with Crippen LogP contribution in [-0.4, -0.2) is 164 Å². The molecule has 0 fully saturated rings. The lowest BCUT2D eigenvalue weighted by molar-refractivity contribution is 0.667. The first kappa shape index (κ1) is 49.5. The molecule has 0 aliphatic heterocycles. The molecule has 12 rings (SSSR count). The Morgan fingerprint density at radius 1 is 0.320 bits per heavy atom. The third-order valence-electron chi connectivity index (χ3n) is 14.7. The number of furan rings is 1. The van der Waals surface area contributed by atoms with Gasteiger partial charge in [-0.3, -0.25) is 0 Å².